The van der Waals surface area contributed by atoms with Crippen LogP contribution >= 0.6 is 11.3 Å². The van der Waals surface area contributed by atoms with Crippen LogP contribution in [0.25, 0.3) is 21.5 Å². The van der Waals surface area contributed by atoms with Crippen LogP contribution in [0.15, 0.2) is 23.0 Å². The molecule has 0 saturated heterocycles. The molecule has 0 aliphatic rings. The van der Waals surface area contributed by atoms with Crippen molar-refractivity contribution in [2.45, 2.75) is 13.8 Å². The molecule has 2 aromatic heterocycles. The molecule has 3 aromatic rings. The molecule has 0 aliphatic heterocycles. The van der Waals surface area contributed by atoms with E-state index in [2.05, 4.69) is 15.0 Å². The van der Waals surface area contributed by atoms with Gasteiger partial charge in [-0.05, 0) is 19.9 Å². The van der Waals surface area contributed by atoms with E-state index in [0.717, 1.165) is 32.2 Å². The normalized spacial score (nSPS) is 11.2. The molecule has 17 heavy (non-hydrogen) atoms. The third kappa shape index (κ3) is 1.59. The molecule has 0 aliphatic carbocycles. The number of benzene rings is 1. The first-order valence-electron chi connectivity index (χ1n) is 5.30. The molecule has 0 fully saturated rings. The van der Waals surface area contributed by atoms with Crippen molar-refractivity contribution in [1.82, 2.24) is 15.0 Å². The first-order valence-corrected chi connectivity index (χ1v) is 6.12. The molecule has 2 N–H and O–H groups in total. The number of aryl methyl sites for hydroxylation is 2. The monoisotopic (exact) mass is 245 g/mol. The van der Waals surface area contributed by atoms with Gasteiger partial charge in [0.2, 0.25) is 0 Å². The predicted octanol–water partition coefficient (Wildman–Crippen LogP) is 2.60. The van der Waals surface area contributed by atoms with Gasteiger partial charge in [0.15, 0.2) is 0 Å². The number of thiazole rings is 1. The lowest BCUT2D eigenvalue weighted by atomic mass is 10.1. The Kier molecular flexibility index (Phi) is 2.16. The summed E-state index contributed by atoms with van der Waals surface area (Å²) in [5.74, 6) is 0. The maximum atomic E-state index is 11.3. The summed E-state index contributed by atoms with van der Waals surface area (Å²) in [5, 5.41) is 1.03. The third-order valence-corrected chi connectivity index (χ3v) is 3.81. The Labute approximate surface area is 101 Å². The topological polar surface area (TPSA) is 61.5 Å². The van der Waals surface area contributed by atoms with E-state index in [1.807, 2.05) is 32.0 Å². The Bertz CT molecular complexity index is 751. The van der Waals surface area contributed by atoms with Gasteiger partial charge < -0.3 is 9.97 Å². The summed E-state index contributed by atoms with van der Waals surface area (Å²) in [5.41, 5.74) is 3.54. The van der Waals surface area contributed by atoms with Crippen LogP contribution in [0.5, 0.6) is 0 Å². The first-order chi connectivity index (χ1) is 8.15. The van der Waals surface area contributed by atoms with Gasteiger partial charge in [-0.1, -0.05) is 12.1 Å². The minimum atomic E-state index is -0.175. The second kappa shape index (κ2) is 3.56. The summed E-state index contributed by atoms with van der Waals surface area (Å²) in [6.07, 6.45) is 0. The van der Waals surface area contributed by atoms with Gasteiger partial charge in [0.25, 0.3) is 0 Å². The van der Waals surface area contributed by atoms with E-state index in [9.17, 15) is 4.79 Å². The number of rotatable bonds is 1. The highest BCUT2D eigenvalue weighted by Gasteiger charge is 2.12. The lowest BCUT2D eigenvalue weighted by molar-refractivity contribution is 1.20. The molecular weight excluding hydrogens is 234 g/mol. The first kappa shape index (κ1) is 10.3. The number of imidazole rings is 1. The zero-order chi connectivity index (χ0) is 12.0. The summed E-state index contributed by atoms with van der Waals surface area (Å²) in [6.45, 7) is 3.98. The van der Waals surface area contributed by atoms with Crippen LogP contribution < -0.4 is 5.69 Å². The number of nitrogens with one attached hydrogen (secondary N) is 2. The maximum Gasteiger partial charge on any atom is 0.323 e. The van der Waals surface area contributed by atoms with Crippen LogP contribution in [0.4, 0.5) is 0 Å². The number of hydrogen-bond donors (Lipinski definition) is 2. The fourth-order valence-corrected chi connectivity index (χ4v) is 2.98. The van der Waals surface area contributed by atoms with Gasteiger partial charge in [0, 0.05) is 5.56 Å². The van der Waals surface area contributed by atoms with Crippen molar-refractivity contribution in [3.63, 3.8) is 0 Å². The van der Waals surface area contributed by atoms with E-state index in [-0.39, 0.29) is 5.69 Å². The Hall–Kier alpha value is -1.88. The molecule has 86 valence electrons. The zero-order valence-corrected chi connectivity index (χ0v) is 10.3. The SMILES string of the molecule is Cc1nc(C)c(-c2cccc3[nH]c(=O)[nH]c23)s1. The largest absolute Gasteiger partial charge is 0.323 e. The fourth-order valence-electron chi connectivity index (χ4n) is 2.03. The van der Waals surface area contributed by atoms with E-state index >= 15 is 0 Å². The summed E-state index contributed by atoms with van der Waals surface area (Å²) >= 11 is 1.64. The fraction of sp³-hybridized carbons (Fsp3) is 0.167. The van der Waals surface area contributed by atoms with Crippen molar-refractivity contribution in [1.29, 1.82) is 0 Å². The minimum Gasteiger partial charge on any atom is -0.306 e. The number of para-hydroxylation sites is 1. The molecule has 2 heterocycles. The number of hydrogen-bond acceptors (Lipinski definition) is 3. The van der Waals surface area contributed by atoms with E-state index < -0.39 is 0 Å². The second-order valence-electron chi connectivity index (χ2n) is 3.95. The third-order valence-electron chi connectivity index (χ3n) is 2.70. The number of H-pyrrole nitrogens is 2. The molecule has 3 rings (SSSR count). The lowest BCUT2D eigenvalue weighted by Gasteiger charge is -2.00. The molecule has 0 unspecified atom stereocenters. The molecule has 4 nitrogen and oxygen atoms in total. The summed E-state index contributed by atoms with van der Waals surface area (Å²) < 4.78 is 0. The van der Waals surface area contributed by atoms with Gasteiger partial charge in [0.05, 0.1) is 26.6 Å². The molecule has 0 spiro atoms. The van der Waals surface area contributed by atoms with Gasteiger partial charge in [-0.15, -0.1) is 11.3 Å². The standard InChI is InChI=1S/C12H11N3OS/c1-6-11(17-7(2)13-6)8-4-3-5-9-10(8)15-12(16)14-9/h3-5H,1-2H3,(H2,14,15,16). The number of aromatic amines is 2. The highest BCUT2D eigenvalue weighted by Crippen LogP contribution is 2.33. The maximum absolute atomic E-state index is 11.3. The molecule has 0 atom stereocenters. The van der Waals surface area contributed by atoms with Crippen molar-refractivity contribution >= 4 is 22.4 Å². The zero-order valence-electron chi connectivity index (χ0n) is 9.50. The van der Waals surface area contributed by atoms with Crippen molar-refractivity contribution in [2.75, 3.05) is 0 Å². The Balaban J connectivity index is 2.37. The lowest BCUT2D eigenvalue weighted by Crippen LogP contribution is -1.99. The quantitative estimate of drug-likeness (QED) is 0.692. The highest BCUT2D eigenvalue weighted by atomic mass is 32.1. The number of aromatic nitrogens is 3. The van der Waals surface area contributed by atoms with Gasteiger partial charge in [-0.2, -0.15) is 0 Å². The van der Waals surface area contributed by atoms with Crippen molar-refractivity contribution < 1.29 is 0 Å². The van der Waals surface area contributed by atoms with Crippen LogP contribution in [0.1, 0.15) is 10.7 Å². The summed E-state index contributed by atoms with van der Waals surface area (Å²) in [7, 11) is 0. The number of nitrogens with zero attached hydrogens (tertiary/aromatic N) is 1. The molecule has 0 amide bonds. The van der Waals surface area contributed by atoms with Gasteiger partial charge in [0.1, 0.15) is 0 Å². The average molecular weight is 245 g/mol. The molecule has 1 aromatic carbocycles. The van der Waals surface area contributed by atoms with Crippen molar-refractivity contribution in [3.8, 4) is 10.4 Å². The van der Waals surface area contributed by atoms with Crippen LogP contribution in [0, 0.1) is 13.8 Å². The van der Waals surface area contributed by atoms with Crippen LogP contribution in [-0.4, -0.2) is 15.0 Å². The Morgan fingerprint density at radius 3 is 2.76 bits per heavy atom. The Morgan fingerprint density at radius 2 is 2.06 bits per heavy atom. The molecule has 0 radical (unpaired) electrons. The second-order valence-corrected chi connectivity index (χ2v) is 5.16. The van der Waals surface area contributed by atoms with Gasteiger partial charge >= 0.3 is 5.69 Å². The molecule has 0 bridgehead atoms. The molecule has 5 heteroatoms. The van der Waals surface area contributed by atoms with E-state index in [0.29, 0.717) is 0 Å². The smallest absolute Gasteiger partial charge is 0.306 e. The van der Waals surface area contributed by atoms with Crippen LogP contribution in [-0.2, 0) is 0 Å². The van der Waals surface area contributed by atoms with E-state index in [4.69, 9.17) is 0 Å². The van der Waals surface area contributed by atoms with Crippen LogP contribution in [0.3, 0.4) is 0 Å². The van der Waals surface area contributed by atoms with Crippen molar-refractivity contribution in [3.05, 3.63) is 39.4 Å². The predicted molar refractivity (Wildman–Crippen MR) is 69.5 cm³/mol. The van der Waals surface area contributed by atoms with Gasteiger partial charge in [-0.3, -0.25) is 0 Å². The van der Waals surface area contributed by atoms with E-state index in [1.165, 1.54) is 0 Å². The van der Waals surface area contributed by atoms with Gasteiger partial charge in [-0.25, -0.2) is 9.78 Å². The highest BCUT2D eigenvalue weighted by molar-refractivity contribution is 7.15. The average Bonchev–Trinajstić information content (AvgIpc) is 2.79. The van der Waals surface area contributed by atoms with E-state index in [1.54, 1.807) is 11.3 Å². The summed E-state index contributed by atoms with van der Waals surface area (Å²) in [6, 6.07) is 5.84. The number of fused-ring (bicyclic) bond motifs is 1. The minimum absolute atomic E-state index is 0.175. The Morgan fingerprint density at radius 1 is 1.24 bits per heavy atom. The summed E-state index contributed by atoms with van der Waals surface area (Å²) in [4.78, 5) is 22.5. The van der Waals surface area contributed by atoms with Crippen molar-refractivity contribution in [2.24, 2.45) is 0 Å². The molecular formula is C12H11N3OS. The van der Waals surface area contributed by atoms with Crippen LogP contribution in [0.2, 0.25) is 0 Å². The molecule has 0 saturated carbocycles.